The summed E-state index contributed by atoms with van der Waals surface area (Å²) in [6, 6.07) is 0. The number of carbonyl (C=O) groups excluding carboxylic acids is 6. The Morgan fingerprint density at radius 3 is 0.538 bits per heavy atom. The van der Waals surface area contributed by atoms with Gasteiger partial charge < -0.3 is 51.5 Å². The van der Waals surface area contributed by atoms with Crippen LogP contribution < -0.4 is 31.9 Å². The van der Waals surface area contributed by atoms with Crippen molar-refractivity contribution in [3.8, 4) is 0 Å². The first kappa shape index (κ1) is 48.7. The van der Waals surface area contributed by atoms with Crippen LogP contribution in [-0.4, -0.2) is 173 Å². The van der Waals surface area contributed by atoms with Crippen molar-refractivity contribution in [2.75, 3.05) is 118 Å². The molecule has 0 aromatic heterocycles. The predicted octanol–water partition coefficient (Wildman–Crippen LogP) is -0.648. The molecule has 0 aromatic carbocycles. The van der Waals surface area contributed by atoms with E-state index in [2.05, 4.69) is 51.5 Å². The first-order valence-corrected chi connectivity index (χ1v) is 19.5. The van der Waals surface area contributed by atoms with E-state index in [0.29, 0.717) is 156 Å². The zero-order valence-corrected chi connectivity index (χ0v) is 33.2. The maximum absolute atomic E-state index is 12.5. The Balaban J connectivity index is 5.87. The Kier molecular flexibility index (Phi) is 30.2. The molecule has 6 N–H and O–H groups in total. The second-order valence-electron chi connectivity index (χ2n) is 12.6. The highest BCUT2D eigenvalue weighted by atomic mass is 16.2. The van der Waals surface area contributed by atoms with Gasteiger partial charge in [-0.05, 0) is 41.5 Å². The Morgan fingerprint density at radius 1 is 0.269 bits per heavy atom. The number of hydrogen-bond donors (Lipinski definition) is 6. The summed E-state index contributed by atoms with van der Waals surface area (Å²) < 4.78 is 0. The van der Waals surface area contributed by atoms with Crippen molar-refractivity contribution in [2.45, 2.75) is 80.1 Å². The minimum Gasteiger partial charge on any atom is -0.356 e. The van der Waals surface area contributed by atoms with Crippen molar-refractivity contribution < 1.29 is 28.8 Å². The first-order valence-electron chi connectivity index (χ1n) is 19.5. The van der Waals surface area contributed by atoms with Crippen LogP contribution in [0.25, 0.3) is 0 Å². The third-order valence-corrected chi connectivity index (χ3v) is 8.37. The van der Waals surface area contributed by atoms with Gasteiger partial charge in [0.2, 0.25) is 35.4 Å². The molecule has 0 atom stereocenters. The zero-order valence-electron chi connectivity index (χ0n) is 33.2. The summed E-state index contributed by atoms with van der Waals surface area (Å²) in [5.74, 6) is -0.195. The molecule has 0 fully saturated rings. The normalized spacial score (nSPS) is 11.2. The summed E-state index contributed by atoms with van der Waals surface area (Å²) in [6.07, 6.45) is 1.97. The average Bonchev–Trinajstić information content (AvgIpc) is 3.10. The van der Waals surface area contributed by atoms with E-state index >= 15 is 0 Å². The van der Waals surface area contributed by atoms with Gasteiger partial charge in [0.25, 0.3) is 0 Å². The summed E-state index contributed by atoms with van der Waals surface area (Å²) in [5.41, 5.74) is 0. The number of nitrogens with zero attached hydrogens (tertiary/aromatic N) is 4. The van der Waals surface area contributed by atoms with Crippen molar-refractivity contribution in [1.29, 1.82) is 0 Å². The summed E-state index contributed by atoms with van der Waals surface area (Å²) in [7, 11) is 0. The minimum absolute atomic E-state index is 0.0280. The van der Waals surface area contributed by atoms with Gasteiger partial charge in [-0.25, -0.2) is 0 Å². The van der Waals surface area contributed by atoms with Crippen LogP contribution in [0, 0.1) is 0 Å². The molecular formula is C36H72N10O6. The van der Waals surface area contributed by atoms with Gasteiger partial charge in [-0.3, -0.25) is 28.8 Å². The Morgan fingerprint density at radius 2 is 0.404 bits per heavy atom. The summed E-state index contributed by atoms with van der Waals surface area (Å²) in [4.78, 5) is 82.7. The molecule has 0 aliphatic carbocycles. The van der Waals surface area contributed by atoms with Crippen LogP contribution in [0.3, 0.4) is 0 Å². The van der Waals surface area contributed by atoms with Crippen LogP contribution in [0.1, 0.15) is 80.1 Å². The summed E-state index contributed by atoms with van der Waals surface area (Å²) in [6.45, 7) is 21.5. The zero-order chi connectivity index (χ0) is 39.0. The molecule has 0 aliphatic rings. The van der Waals surface area contributed by atoms with Gasteiger partial charge in [-0.2, -0.15) is 0 Å². The predicted molar refractivity (Wildman–Crippen MR) is 206 cm³/mol. The number of hydrogen-bond acceptors (Lipinski definition) is 10. The van der Waals surface area contributed by atoms with Crippen LogP contribution in [0.15, 0.2) is 0 Å². The van der Waals surface area contributed by atoms with E-state index in [9.17, 15) is 28.8 Å². The fourth-order valence-corrected chi connectivity index (χ4v) is 5.46. The van der Waals surface area contributed by atoms with Gasteiger partial charge in [0.15, 0.2) is 0 Å². The molecular weight excluding hydrogens is 668 g/mol. The van der Waals surface area contributed by atoms with Crippen LogP contribution in [-0.2, 0) is 28.8 Å². The topological polar surface area (TPSA) is 188 Å². The lowest BCUT2D eigenvalue weighted by Crippen LogP contribution is -2.45. The second kappa shape index (κ2) is 32.3. The van der Waals surface area contributed by atoms with Crippen LogP contribution >= 0.6 is 0 Å². The smallest absolute Gasteiger partial charge is 0.221 e. The van der Waals surface area contributed by atoms with Gasteiger partial charge in [0.05, 0.1) is 0 Å². The number of carbonyl (C=O) groups is 6. The Hall–Kier alpha value is -3.34. The first-order chi connectivity index (χ1) is 25.0. The molecule has 0 aliphatic heterocycles. The van der Waals surface area contributed by atoms with Crippen LogP contribution in [0.4, 0.5) is 0 Å². The molecule has 0 rings (SSSR count). The standard InChI is InChI=1S/C36H72N10O6/c1-7-37-31(47)13-19-43(20-14-32(48)38-8-2)25-27-45(23-17-35(51)41-11-5)29-30-46(24-18-36(52)42-12-6)28-26-44(21-15-33(49)39-9-3)22-16-34(50)40-10-4/h7-30H2,1-6H3,(H,37,47)(H,38,48)(H,39,49)(H,40,50)(H,41,51)(H,42,52). The minimum atomic E-state index is -0.0348. The number of rotatable bonds is 33. The highest BCUT2D eigenvalue weighted by Gasteiger charge is 2.18. The third-order valence-electron chi connectivity index (χ3n) is 8.37. The molecule has 16 heteroatoms. The lowest BCUT2D eigenvalue weighted by atomic mass is 10.2. The van der Waals surface area contributed by atoms with E-state index in [1.807, 2.05) is 41.5 Å². The summed E-state index contributed by atoms with van der Waals surface area (Å²) in [5, 5.41) is 17.1. The molecule has 52 heavy (non-hydrogen) atoms. The third kappa shape index (κ3) is 27.3. The van der Waals surface area contributed by atoms with E-state index in [0.717, 1.165) is 0 Å². The van der Waals surface area contributed by atoms with Crippen LogP contribution in [0.2, 0.25) is 0 Å². The average molecular weight is 741 g/mol. The SMILES string of the molecule is CCNC(=O)CCN(CCC(=O)NCC)CCN(CCC(=O)NCC)CCN(CCC(=O)NCC)CCN(CCC(=O)NCC)CCC(=O)NCC. The molecule has 0 bridgehead atoms. The van der Waals surface area contributed by atoms with Gasteiger partial charge in [-0.1, -0.05) is 0 Å². The molecule has 0 saturated carbocycles. The Bertz CT molecular complexity index is 896. The van der Waals surface area contributed by atoms with Gasteiger partial charge >= 0.3 is 0 Å². The van der Waals surface area contributed by atoms with Crippen molar-refractivity contribution in [1.82, 2.24) is 51.5 Å². The highest BCUT2D eigenvalue weighted by Crippen LogP contribution is 2.03. The van der Waals surface area contributed by atoms with E-state index in [1.54, 1.807) is 0 Å². The van der Waals surface area contributed by atoms with E-state index in [1.165, 1.54) is 0 Å². The molecule has 0 saturated heterocycles. The van der Waals surface area contributed by atoms with Gasteiger partial charge in [0.1, 0.15) is 0 Å². The van der Waals surface area contributed by atoms with Gasteiger partial charge in [-0.15, -0.1) is 0 Å². The molecule has 0 aromatic rings. The molecule has 0 spiro atoms. The molecule has 0 heterocycles. The lowest BCUT2D eigenvalue weighted by Gasteiger charge is -2.31. The molecule has 16 nitrogen and oxygen atoms in total. The fraction of sp³-hybridized carbons (Fsp3) is 0.833. The number of nitrogens with one attached hydrogen (secondary N) is 6. The van der Waals surface area contributed by atoms with E-state index < -0.39 is 0 Å². The molecule has 0 unspecified atom stereocenters. The van der Waals surface area contributed by atoms with Gasteiger partial charge in [0, 0.05) is 156 Å². The summed E-state index contributed by atoms with van der Waals surface area (Å²) >= 11 is 0. The Labute approximate surface area is 313 Å². The fourth-order valence-electron chi connectivity index (χ4n) is 5.46. The molecule has 6 amide bonds. The van der Waals surface area contributed by atoms with Crippen LogP contribution in [0.5, 0.6) is 0 Å². The van der Waals surface area contributed by atoms with E-state index in [4.69, 9.17) is 0 Å². The highest BCUT2D eigenvalue weighted by molar-refractivity contribution is 5.78. The molecule has 0 radical (unpaired) electrons. The van der Waals surface area contributed by atoms with Crippen molar-refractivity contribution in [3.63, 3.8) is 0 Å². The van der Waals surface area contributed by atoms with Crippen molar-refractivity contribution in [3.05, 3.63) is 0 Å². The quantitative estimate of drug-likeness (QED) is 0.0505. The maximum Gasteiger partial charge on any atom is 0.221 e. The molecule has 302 valence electrons. The van der Waals surface area contributed by atoms with E-state index in [-0.39, 0.29) is 35.4 Å². The van der Waals surface area contributed by atoms with Crippen molar-refractivity contribution in [2.24, 2.45) is 0 Å². The monoisotopic (exact) mass is 741 g/mol. The largest absolute Gasteiger partial charge is 0.356 e. The lowest BCUT2D eigenvalue weighted by molar-refractivity contribution is -0.123. The van der Waals surface area contributed by atoms with Crippen molar-refractivity contribution >= 4 is 35.4 Å². The maximum atomic E-state index is 12.5. The second-order valence-corrected chi connectivity index (χ2v) is 12.6. The number of amides is 6.